The summed E-state index contributed by atoms with van der Waals surface area (Å²) in [6.45, 7) is 3.28. The minimum absolute atomic E-state index is 0.0565. The van der Waals surface area contributed by atoms with Crippen LogP contribution in [0, 0.1) is 0 Å². The van der Waals surface area contributed by atoms with E-state index < -0.39 is 6.04 Å². The van der Waals surface area contributed by atoms with E-state index in [9.17, 15) is 9.59 Å². The van der Waals surface area contributed by atoms with Crippen molar-refractivity contribution in [3.63, 3.8) is 0 Å². The SMILES string of the molecule is CCC1C(=O)N(Cc2ccc3c(N)ncnc3c2)CCN1C(=O)c1cccn1-c1ccc(Cl)cc1. The van der Waals surface area contributed by atoms with Gasteiger partial charge in [-0.15, -0.1) is 0 Å². The molecule has 8 nitrogen and oxygen atoms in total. The van der Waals surface area contributed by atoms with E-state index in [1.54, 1.807) is 23.1 Å². The number of amides is 2. The number of aromatic nitrogens is 3. The lowest BCUT2D eigenvalue weighted by molar-refractivity contribution is -0.141. The zero-order chi connectivity index (χ0) is 24.5. The number of benzene rings is 2. The van der Waals surface area contributed by atoms with Crippen LogP contribution in [0.5, 0.6) is 0 Å². The summed E-state index contributed by atoms with van der Waals surface area (Å²) in [5, 5.41) is 1.41. The maximum atomic E-state index is 13.6. The van der Waals surface area contributed by atoms with Crippen LogP contribution in [0.4, 0.5) is 5.82 Å². The van der Waals surface area contributed by atoms with Crippen molar-refractivity contribution in [1.29, 1.82) is 0 Å². The smallest absolute Gasteiger partial charge is 0.271 e. The van der Waals surface area contributed by atoms with Crippen molar-refractivity contribution < 1.29 is 9.59 Å². The lowest BCUT2D eigenvalue weighted by Gasteiger charge is -2.40. The van der Waals surface area contributed by atoms with Crippen LogP contribution in [0.15, 0.2) is 67.1 Å². The second kappa shape index (κ2) is 9.38. The molecule has 2 aromatic heterocycles. The number of nitrogen functional groups attached to an aromatic ring is 1. The largest absolute Gasteiger partial charge is 0.383 e. The molecule has 0 saturated carbocycles. The molecule has 0 spiro atoms. The number of nitrogens with two attached hydrogens (primary N) is 1. The molecule has 9 heteroatoms. The van der Waals surface area contributed by atoms with Crippen molar-refractivity contribution in [2.45, 2.75) is 25.9 Å². The quantitative estimate of drug-likeness (QED) is 0.459. The van der Waals surface area contributed by atoms with Gasteiger partial charge in [-0.2, -0.15) is 0 Å². The van der Waals surface area contributed by atoms with Gasteiger partial charge in [0.2, 0.25) is 5.91 Å². The normalized spacial score (nSPS) is 16.2. The predicted molar refractivity (Wildman–Crippen MR) is 135 cm³/mol. The van der Waals surface area contributed by atoms with Crippen LogP contribution in [-0.2, 0) is 11.3 Å². The average molecular weight is 489 g/mol. The first-order valence-corrected chi connectivity index (χ1v) is 11.9. The van der Waals surface area contributed by atoms with Crippen LogP contribution in [0.2, 0.25) is 5.02 Å². The van der Waals surface area contributed by atoms with Crippen LogP contribution >= 0.6 is 11.6 Å². The molecule has 1 aliphatic rings. The third kappa shape index (κ3) is 4.33. The van der Waals surface area contributed by atoms with E-state index in [1.165, 1.54) is 6.33 Å². The minimum atomic E-state index is -0.525. The highest BCUT2D eigenvalue weighted by molar-refractivity contribution is 6.30. The molecular formula is C26H25ClN6O2. The molecule has 1 saturated heterocycles. The lowest BCUT2D eigenvalue weighted by Crippen LogP contribution is -2.58. The Labute approximate surface area is 207 Å². The maximum Gasteiger partial charge on any atom is 0.271 e. The number of anilines is 1. The van der Waals surface area contributed by atoms with Crippen LogP contribution in [0.3, 0.4) is 0 Å². The van der Waals surface area contributed by atoms with Crippen molar-refractivity contribution in [3.05, 3.63) is 83.4 Å². The van der Waals surface area contributed by atoms with Gasteiger partial charge in [0.25, 0.3) is 5.91 Å². The minimum Gasteiger partial charge on any atom is -0.383 e. The maximum absolute atomic E-state index is 13.6. The summed E-state index contributed by atoms with van der Waals surface area (Å²) in [5.74, 6) is 0.209. The molecule has 2 aromatic carbocycles. The van der Waals surface area contributed by atoms with E-state index in [2.05, 4.69) is 9.97 Å². The van der Waals surface area contributed by atoms with E-state index in [1.807, 2.05) is 59.0 Å². The zero-order valence-electron chi connectivity index (χ0n) is 19.3. The number of fused-ring (bicyclic) bond motifs is 1. The summed E-state index contributed by atoms with van der Waals surface area (Å²) in [6.07, 6.45) is 3.81. The highest BCUT2D eigenvalue weighted by Crippen LogP contribution is 2.24. The molecule has 0 radical (unpaired) electrons. The summed E-state index contributed by atoms with van der Waals surface area (Å²) in [6, 6.07) is 16.1. The molecule has 2 N–H and O–H groups in total. The molecule has 0 bridgehead atoms. The number of halogens is 1. The fourth-order valence-electron chi connectivity index (χ4n) is 4.60. The first kappa shape index (κ1) is 22.9. The number of piperazine rings is 1. The Kier molecular flexibility index (Phi) is 6.13. The first-order chi connectivity index (χ1) is 17.0. The number of hydrogen-bond acceptors (Lipinski definition) is 5. The molecule has 1 fully saturated rings. The molecule has 1 unspecified atom stereocenters. The summed E-state index contributed by atoms with van der Waals surface area (Å²) in [7, 11) is 0. The van der Waals surface area contributed by atoms with E-state index in [0.29, 0.717) is 42.6 Å². The molecule has 35 heavy (non-hydrogen) atoms. The van der Waals surface area contributed by atoms with Gasteiger partial charge in [0, 0.05) is 41.9 Å². The van der Waals surface area contributed by atoms with Crippen LogP contribution in [-0.4, -0.2) is 55.3 Å². The summed E-state index contributed by atoms with van der Waals surface area (Å²) in [5.41, 5.74) is 8.97. The Morgan fingerprint density at radius 1 is 1.11 bits per heavy atom. The van der Waals surface area contributed by atoms with Gasteiger partial charge in [-0.25, -0.2) is 9.97 Å². The van der Waals surface area contributed by atoms with Crippen molar-refractivity contribution in [1.82, 2.24) is 24.3 Å². The van der Waals surface area contributed by atoms with Crippen molar-refractivity contribution in [2.24, 2.45) is 0 Å². The van der Waals surface area contributed by atoms with Crippen LogP contribution in [0.25, 0.3) is 16.6 Å². The number of hydrogen-bond donors (Lipinski definition) is 1. The monoisotopic (exact) mass is 488 g/mol. The highest BCUT2D eigenvalue weighted by atomic mass is 35.5. The third-order valence-corrected chi connectivity index (χ3v) is 6.66. The molecular weight excluding hydrogens is 464 g/mol. The number of carbonyl (C=O) groups excluding carboxylic acids is 2. The molecule has 1 aliphatic heterocycles. The van der Waals surface area contributed by atoms with E-state index >= 15 is 0 Å². The third-order valence-electron chi connectivity index (χ3n) is 6.41. The van der Waals surface area contributed by atoms with Gasteiger partial charge < -0.3 is 20.1 Å². The van der Waals surface area contributed by atoms with Gasteiger partial charge in [-0.05, 0) is 60.5 Å². The van der Waals surface area contributed by atoms with Crippen LogP contribution in [0.1, 0.15) is 29.4 Å². The average Bonchev–Trinajstić information content (AvgIpc) is 3.35. The number of carbonyl (C=O) groups is 2. The predicted octanol–water partition coefficient (Wildman–Crippen LogP) is 3.92. The number of rotatable bonds is 5. The fourth-order valence-corrected chi connectivity index (χ4v) is 4.73. The lowest BCUT2D eigenvalue weighted by atomic mass is 10.1. The molecule has 0 aliphatic carbocycles. The second-order valence-electron chi connectivity index (χ2n) is 8.53. The van der Waals surface area contributed by atoms with Gasteiger partial charge in [0.1, 0.15) is 23.9 Å². The summed E-state index contributed by atoms with van der Waals surface area (Å²) in [4.78, 5) is 38.8. The first-order valence-electron chi connectivity index (χ1n) is 11.5. The van der Waals surface area contributed by atoms with Crippen LogP contribution < -0.4 is 5.73 Å². The topological polar surface area (TPSA) is 97.3 Å². The highest BCUT2D eigenvalue weighted by Gasteiger charge is 2.37. The Hall–Kier alpha value is -3.91. The molecule has 2 amide bonds. The van der Waals surface area contributed by atoms with Gasteiger partial charge in [0.05, 0.1) is 5.52 Å². The van der Waals surface area contributed by atoms with E-state index in [-0.39, 0.29) is 11.8 Å². The zero-order valence-corrected chi connectivity index (χ0v) is 20.0. The van der Waals surface area contributed by atoms with Gasteiger partial charge in [-0.3, -0.25) is 9.59 Å². The van der Waals surface area contributed by atoms with Crippen molar-refractivity contribution >= 4 is 40.1 Å². The summed E-state index contributed by atoms with van der Waals surface area (Å²) >= 11 is 6.02. The molecule has 3 heterocycles. The molecule has 178 valence electrons. The van der Waals surface area contributed by atoms with Crippen molar-refractivity contribution in [3.8, 4) is 5.69 Å². The molecule has 4 aromatic rings. The van der Waals surface area contributed by atoms with Gasteiger partial charge in [0.15, 0.2) is 0 Å². The Balaban J connectivity index is 1.35. The van der Waals surface area contributed by atoms with E-state index in [4.69, 9.17) is 17.3 Å². The second-order valence-corrected chi connectivity index (χ2v) is 8.97. The van der Waals surface area contributed by atoms with Gasteiger partial charge >= 0.3 is 0 Å². The van der Waals surface area contributed by atoms with Gasteiger partial charge in [-0.1, -0.05) is 24.6 Å². The Bertz CT molecular complexity index is 1400. The standard InChI is InChI=1S/C26H25ClN6O2/c1-2-22-25(34)31(15-17-5-10-20-21(14-17)29-16-30-24(20)28)12-13-33(22)26(35)23-4-3-11-32(23)19-8-6-18(27)7-9-19/h3-11,14,16,22H,2,12-13,15H2,1H3,(H2,28,29,30). The molecule has 5 rings (SSSR count). The number of nitrogens with zero attached hydrogens (tertiary/aromatic N) is 5. The summed E-state index contributed by atoms with van der Waals surface area (Å²) < 4.78 is 1.82. The fraction of sp³-hybridized carbons (Fsp3) is 0.231. The Morgan fingerprint density at radius 3 is 2.69 bits per heavy atom. The van der Waals surface area contributed by atoms with Crippen molar-refractivity contribution in [2.75, 3.05) is 18.8 Å². The van der Waals surface area contributed by atoms with E-state index in [0.717, 1.165) is 22.2 Å². The Morgan fingerprint density at radius 2 is 1.91 bits per heavy atom. The molecule has 1 atom stereocenters.